The van der Waals surface area contributed by atoms with Crippen LogP contribution in [0.5, 0.6) is 0 Å². The smallest absolute Gasteiger partial charge is 0.0762 e. The van der Waals surface area contributed by atoms with Crippen LogP contribution < -0.4 is 4.90 Å². The average molecular weight is 298 g/mol. The number of aliphatic hydroxyl groups excluding tert-OH is 1. The van der Waals surface area contributed by atoms with Crippen molar-refractivity contribution in [2.75, 3.05) is 18.0 Å². The van der Waals surface area contributed by atoms with Crippen LogP contribution in [-0.2, 0) is 0 Å². The van der Waals surface area contributed by atoms with Gasteiger partial charge in [0.05, 0.1) is 11.8 Å². The minimum atomic E-state index is -0.406. The molecule has 2 nitrogen and oxygen atoms in total. The second-order valence-electron chi connectivity index (χ2n) is 5.25. The summed E-state index contributed by atoms with van der Waals surface area (Å²) in [6.45, 7) is 8.65. The molecule has 1 heterocycles. The standard InChI is InChI=1S/C14H20BrNO/c1-9-7-16(8-10(9)2)14-5-4-12(11(3)17)6-13(14)15/h4-6,9-11,17H,7-8H2,1-3H3/t9?,10?,11-/m1/s1. The highest BCUT2D eigenvalue weighted by Crippen LogP contribution is 2.34. The van der Waals surface area contributed by atoms with Crippen LogP contribution in [0.4, 0.5) is 5.69 Å². The fraction of sp³-hybridized carbons (Fsp3) is 0.571. The minimum absolute atomic E-state index is 0.406. The van der Waals surface area contributed by atoms with E-state index in [1.165, 1.54) is 5.69 Å². The summed E-state index contributed by atoms with van der Waals surface area (Å²) in [5, 5.41) is 9.55. The number of halogens is 1. The van der Waals surface area contributed by atoms with Crippen molar-refractivity contribution in [1.29, 1.82) is 0 Å². The Morgan fingerprint density at radius 2 is 1.88 bits per heavy atom. The van der Waals surface area contributed by atoms with Crippen LogP contribution in [0.1, 0.15) is 32.4 Å². The van der Waals surface area contributed by atoms with Gasteiger partial charge in [-0.3, -0.25) is 0 Å². The fourth-order valence-electron chi connectivity index (χ4n) is 2.37. The average Bonchev–Trinajstić information content (AvgIpc) is 2.58. The summed E-state index contributed by atoms with van der Waals surface area (Å²) in [5.74, 6) is 1.50. The predicted molar refractivity (Wildman–Crippen MR) is 75.3 cm³/mol. The zero-order valence-electron chi connectivity index (χ0n) is 10.7. The Balaban J connectivity index is 2.23. The molecule has 1 aliphatic rings. The van der Waals surface area contributed by atoms with Gasteiger partial charge in [-0.25, -0.2) is 0 Å². The number of nitrogens with zero attached hydrogens (tertiary/aromatic N) is 1. The molecule has 17 heavy (non-hydrogen) atoms. The Labute approximate surface area is 112 Å². The van der Waals surface area contributed by atoms with Crippen molar-refractivity contribution in [1.82, 2.24) is 0 Å². The third kappa shape index (κ3) is 2.66. The van der Waals surface area contributed by atoms with E-state index < -0.39 is 6.10 Å². The molecular weight excluding hydrogens is 278 g/mol. The summed E-state index contributed by atoms with van der Waals surface area (Å²) in [6.07, 6.45) is -0.406. The van der Waals surface area contributed by atoms with E-state index in [9.17, 15) is 5.11 Å². The minimum Gasteiger partial charge on any atom is -0.389 e. The third-order valence-corrected chi connectivity index (χ3v) is 4.42. The van der Waals surface area contributed by atoms with E-state index in [-0.39, 0.29) is 0 Å². The van der Waals surface area contributed by atoms with E-state index in [1.54, 1.807) is 6.92 Å². The van der Waals surface area contributed by atoms with E-state index in [2.05, 4.69) is 40.7 Å². The molecule has 1 aromatic rings. The SMILES string of the molecule is CC1CN(c2ccc([C@@H](C)O)cc2Br)CC1C. The summed E-state index contributed by atoms with van der Waals surface area (Å²) in [7, 11) is 0. The van der Waals surface area contributed by atoms with Gasteiger partial charge in [-0.2, -0.15) is 0 Å². The Kier molecular flexibility index (Phi) is 3.79. The lowest BCUT2D eigenvalue weighted by Crippen LogP contribution is -2.20. The van der Waals surface area contributed by atoms with Crippen molar-refractivity contribution in [2.24, 2.45) is 11.8 Å². The highest BCUT2D eigenvalue weighted by Gasteiger charge is 2.27. The second kappa shape index (κ2) is 4.99. The Hall–Kier alpha value is -0.540. The number of hydrogen-bond donors (Lipinski definition) is 1. The van der Waals surface area contributed by atoms with Gasteiger partial charge >= 0.3 is 0 Å². The maximum absolute atomic E-state index is 9.55. The normalized spacial score (nSPS) is 26.3. The van der Waals surface area contributed by atoms with Crippen molar-refractivity contribution in [3.8, 4) is 0 Å². The molecule has 1 fully saturated rings. The molecule has 0 bridgehead atoms. The van der Waals surface area contributed by atoms with E-state index in [0.29, 0.717) is 0 Å². The topological polar surface area (TPSA) is 23.5 Å². The summed E-state index contributed by atoms with van der Waals surface area (Å²) in [6, 6.07) is 6.14. The largest absolute Gasteiger partial charge is 0.389 e. The van der Waals surface area contributed by atoms with Gasteiger partial charge in [0.25, 0.3) is 0 Å². The summed E-state index contributed by atoms with van der Waals surface area (Å²) >= 11 is 3.61. The van der Waals surface area contributed by atoms with Crippen molar-refractivity contribution < 1.29 is 5.11 Å². The zero-order valence-corrected chi connectivity index (χ0v) is 12.2. The molecule has 0 aromatic heterocycles. The molecule has 0 radical (unpaired) electrons. The summed E-state index contributed by atoms with van der Waals surface area (Å²) in [5.41, 5.74) is 2.20. The molecular formula is C14H20BrNO. The van der Waals surface area contributed by atoms with Crippen LogP contribution in [0.2, 0.25) is 0 Å². The van der Waals surface area contributed by atoms with E-state index in [1.807, 2.05) is 12.1 Å². The highest BCUT2D eigenvalue weighted by atomic mass is 79.9. The predicted octanol–water partition coefficient (Wildman–Crippen LogP) is 3.59. The molecule has 1 saturated heterocycles. The van der Waals surface area contributed by atoms with Crippen LogP contribution in [0.3, 0.4) is 0 Å². The van der Waals surface area contributed by atoms with Crippen LogP contribution in [0.15, 0.2) is 22.7 Å². The molecule has 94 valence electrons. The van der Waals surface area contributed by atoms with Gasteiger partial charge in [-0.05, 0) is 52.4 Å². The molecule has 1 aliphatic heterocycles. The Morgan fingerprint density at radius 1 is 1.29 bits per heavy atom. The summed E-state index contributed by atoms with van der Waals surface area (Å²) < 4.78 is 1.08. The van der Waals surface area contributed by atoms with Gasteiger partial charge in [0.1, 0.15) is 0 Å². The van der Waals surface area contributed by atoms with Gasteiger partial charge in [0.2, 0.25) is 0 Å². The Bertz CT molecular complexity index is 395. The van der Waals surface area contributed by atoms with Gasteiger partial charge < -0.3 is 10.0 Å². The monoisotopic (exact) mass is 297 g/mol. The van der Waals surface area contributed by atoms with E-state index in [0.717, 1.165) is 35.0 Å². The van der Waals surface area contributed by atoms with E-state index in [4.69, 9.17) is 0 Å². The second-order valence-corrected chi connectivity index (χ2v) is 6.10. The number of benzene rings is 1. The first-order chi connectivity index (χ1) is 7.99. The van der Waals surface area contributed by atoms with Gasteiger partial charge in [-0.1, -0.05) is 19.9 Å². The number of rotatable bonds is 2. The molecule has 0 aliphatic carbocycles. The van der Waals surface area contributed by atoms with Crippen molar-refractivity contribution >= 4 is 21.6 Å². The van der Waals surface area contributed by atoms with Gasteiger partial charge in [0, 0.05) is 17.6 Å². The maximum Gasteiger partial charge on any atom is 0.0762 e. The van der Waals surface area contributed by atoms with Gasteiger partial charge in [-0.15, -0.1) is 0 Å². The number of hydrogen-bond acceptors (Lipinski definition) is 2. The first-order valence-corrected chi connectivity index (χ1v) is 7.00. The van der Waals surface area contributed by atoms with Crippen molar-refractivity contribution in [3.63, 3.8) is 0 Å². The fourth-order valence-corrected chi connectivity index (χ4v) is 3.01. The zero-order chi connectivity index (χ0) is 12.6. The van der Waals surface area contributed by atoms with Crippen LogP contribution in [0.25, 0.3) is 0 Å². The van der Waals surface area contributed by atoms with Crippen LogP contribution >= 0.6 is 15.9 Å². The van der Waals surface area contributed by atoms with Gasteiger partial charge in [0.15, 0.2) is 0 Å². The third-order valence-electron chi connectivity index (χ3n) is 3.78. The number of aliphatic hydroxyl groups is 1. The molecule has 0 saturated carbocycles. The van der Waals surface area contributed by atoms with Crippen LogP contribution in [-0.4, -0.2) is 18.2 Å². The van der Waals surface area contributed by atoms with Crippen molar-refractivity contribution in [3.05, 3.63) is 28.2 Å². The lowest BCUT2D eigenvalue weighted by Gasteiger charge is -2.21. The lowest BCUT2D eigenvalue weighted by atomic mass is 10.0. The summed E-state index contributed by atoms with van der Waals surface area (Å²) in [4.78, 5) is 2.42. The molecule has 3 heteroatoms. The maximum atomic E-state index is 9.55. The first-order valence-electron chi connectivity index (χ1n) is 6.21. The molecule has 0 amide bonds. The molecule has 3 atom stereocenters. The molecule has 2 rings (SSSR count). The molecule has 2 unspecified atom stereocenters. The molecule has 0 spiro atoms. The number of anilines is 1. The van der Waals surface area contributed by atoms with E-state index >= 15 is 0 Å². The molecule has 1 aromatic carbocycles. The highest BCUT2D eigenvalue weighted by molar-refractivity contribution is 9.10. The van der Waals surface area contributed by atoms with Crippen molar-refractivity contribution in [2.45, 2.75) is 26.9 Å². The first kappa shape index (κ1) is 12.9. The quantitative estimate of drug-likeness (QED) is 0.902. The Morgan fingerprint density at radius 3 is 2.35 bits per heavy atom. The molecule has 1 N–H and O–H groups in total. The lowest BCUT2D eigenvalue weighted by molar-refractivity contribution is 0.199. The van der Waals surface area contributed by atoms with Crippen LogP contribution in [0, 0.1) is 11.8 Å².